The summed E-state index contributed by atoms with van der Waals surface area (Å²) in [7, 11) is 0. The van der Waals surface area contributed by atoms with Crippen molar-refractivity contribution in [3.8, 4) is 17.1 Å². The topological polar surface area (TPSA) is 30.7 Å². The molecule has 3 aromatic carbocycles. The van der Waals surface area contributed by atoms with Crippen LogP contribution >= 0.6 is 0 Å². The van der Waals surface area contributed by atoms with E-state index in [1.165, 1.54) is 10.8 Å². The Morgan fingerprint density at radius 1 is 0.714 bits per heavy atom. The van der Waals surface area contributed by atoms with Gasteiger partial charge in [0.05, 0.1) is 5.69 Å². The van der Waals surface area contributed by atoms with Crippen LogP contribution in [0.1, 0.15) is 12.2 Å². The van der Waals surface area contributed by atoms with Crippen molar-refractivity contribution in [1.29, 1.82) is 0 Å². The van der Waals surface area contributed by atoms with E-state index >= 15 is 0 Å². The number of benzene rings is 3. The number of aromatic nitrogens is 3. The van der Waals surface area contributed by atoms with Crippen molar-refractivity contribution in [2.45, 2.75) is 6.42 Å². The molecule has 0 amide bonds. The molecule has 0 radical (unpaired) electrons. The molecule has 134 valence electrons. The van der Waals surface area contributed by atoms with Crippen LogP contribution in [0.5, 0.6) is 0 Å². The van der Waals surface area contributed by atoms with Crippen molar-refractivity contribution in [3.05, 3.63) is 109 Å². The zero-order valence-corrected chi connectivity index (χ0v) is 15.4. The lowest BCUT2D eigenvalue weighted by molar-refractivity contribution is 1.04. The minimum atomic E-state index is 0.842. The monoisotopic (exact) mass is 361 g/mol. The Hall–Kier alpha value is -3.72. The summed E-state index contributed by atoms with van der Waals surface area (Å²) in [6.07, 6.45) is 11.5. The summed E-state index contributed by atoms with van der Waals surface area (Å²) in [5, 5.41) is 11.6. The Kier molecular flexibility index (Phi) is 4.19. The molecule has 1 aliphatic rings. The molecule has 0 saturated heterocycles. The van der Waals surface area contributed by atoms with E-state index < -0.39 is 0 Å². The molecule has 3 heteroatoms. The molecule has 0 spiro atoms. The third-order valence-corrected chi connectivity index (χ3v) is 4.94. The van der Waals surface area contributed by atoms with Crippen molar-refractivity contribution < 1.29 is 0 Å². The fourth-order valence-corrected chi connectivity index (χ4v) is 3.61. The van der Waals surface area contributed by atoms with E-state index in [1.807, 2.05) is 18.2 Å². The molecule has 1 heterocycles. The molecule has 3 nitrogen and oxygen atoms in total. The van der Waals surface area contributed by atoms with Crippen molar-refractivity contribution in [3.63, 3.8) is 0 Å². The first-order chi connectivity index (χ1) is 13.9. The second kappa shape index (κ2) is 7.12. The van der Waals surface area contributed by atoms with E-state index in [9.17, 15) is 0 Å². The largest absolute Gasteiger partial charge is 0.274 e. The number of rotatable bonds is 3. The molecule has 1 aliphatic carbocycles. The van der Waals surface area contributed by atoms with Gasteiger partial charge >= 0.3 is 0 Å². The van der Waals surface area contributed by atoms with Gasteiger partial charge in [0.2, 0.25) is 0 Å². The summed E-state index contributed by atoms with van der Waals surface area (Å²) in [5.74, 6) is 1.69. The van der Waals surface area contributed by atoms with Crippen molar-refractivity contribution in [1.82, 2.24) is 14.8 Å². The second-order valence-corrected chi connectivity index (χ2v) is 6.74. The maximum Gasteiger partial charge on any atom is 0.168 e. The molecule has 0 atom stereocenters. The first-order valence-corrected chi connectivity index (χ1v) is 9.44. The van der Waals surface area contributed by atoms with Gasteiger partial charge in [-0.3, -0.25) is 4.57 Å². The first kappa shape index (κ1) is 16.5. The maximum absolute atomic E-state index is 4.60. The first-order valence-electron chi connectivity index (χ1n) is 9.44. The van der Waals surface area contributed by atoms with Crippen LogP contribution in [0.3, 0.4) is 0 Å². The average molecular weight is 361 g/mol. The lowest BCUT2D eigenvalue weighted by atomic mass is 10.1. The minimum Gasteiger partial charge on any atom is -0.274 e. The molecule has 4 aromatic rings. The van der Waals surface area contributed by atoms with Crippen molar-refractivity contribution in [2.75, 3.05) is 0 Å². The number of hydrogen-bond acceptors (Lipinski definition) is 2. The fraction of sp³-hybridized carbons (Fsp3) is 0.0400. The average Bonchev–Trinajstić information content (AvgIpc) is 3.01. The lowest BCUT2D eigenvalue weighted by Gasteiger charge is -2.14. The Bertz CT molecular complexity index is 1220. The van der Waals surface area contributed by atoms with Gasteiger partial charge in [-0.05, 0) is 17.9 Å². The third-order valence-electron chi connectivity index (χ3n) is 4.94. The van der Waals surface area contributed by atoms with Crippen LogP contribution in [0.15, 0.2) is 103 Å². The van der Waals surface area contributed by atoms with E-state index in [-0.39, 0.29) is 0 Å². The van der Waals surface area contributed by atoms with Gasteiger partial charge in [0.15, 0.2) is 11.6 Å². The Morgan fingerprint density at radius 3 is 2.43 bits per heavy atom. The van der Waals surface area contributed by atoms with E-state index in [4.69, 9.17) is 0 Å². The van der Waals surface area contributed by atoms with Crippen LogP contribution in [-0.2, 0) is 0 Å². The quantitative estimate of drug-likeness (QED) is 0.449. The highest BCUT2D eigenvalue weighted by molar-refractivity contribution is 5.91. The van der Waals surface area contributed by atoms with Crippen LogP contribution < -0.4 is 0 Å². The molecule has 28 heavy (non-hydrogen) atoms. The maximum atomic E-state index is 4.60. The van der Waals surface area contributed by atoms with E-state index in [2.05, 4.69) is 99.7 Å². The summed E-state index contributed by atoms with van der Waals surface area (Å²) in [6.45, 7) is 0. The highest BCUT2D eigenvalue weighted by Gasteiger charge is 2.19. The van der Waals surface area contributed by atoms with Gasteiger partial charge in [-0.2, -0.15) is 0 Å². The van der Waals surface area contributed by atoms with Crippen LogP contribution in [-0.4, -0.2) is 14.8 Å². The van der Waals surface area contributed by atoms with Gasteiger partial charge in [-0.15, -0.1) is 10.2 Å². The normalized spacial score (nSPS) is 13.5. The Morgan fingerprint density at radius 2 is 1.50 bits per heavy atom. The number of fused-ring (bicyclic) bond motifs is 1. The third kappa shape index (κ3) is 2.87. The molecule has 5 rings (SSSR count). The van der Waals surface area contributed by atoms with Crippen molar-refractivity contribution in [2.24, 2.45) is 0 Å². The molecule has 0 aliphatic heterocycles. The molecule has 1 aromatic heterocycles. The van der Waals surface area contributed by atoms with E-state index in [0.717, 1.165) is 34.9 Å². The zero-order chi connectivity index (χ0) is 18.8. The molecular formula is C25H19N3. The highest BCUT2D eigenvalue weighted by Crippen LogP contribution is 2.31. The van der Waals surface area contributed by atoms with Crippen LogP contribution in [0.2, 0.25) is 0 Å². The number of hydrogen-bond donors (Lipinski definition) is 0. The van der Waals surface area contributed by atoms with Gasteiger partial charge < -0.3 is 0 Å². The van der Waals surface area contributed by atoms with E-state index in [1.54, 1.807) is 0 Å². The van der Waals surface area contributed by atoms with Gasteiger partial charge in [0.1, 0.15) is 0 Å². The minimum absolute atomic E-state index is 0.842. The predicted octanol–water partition coefficient (Wildman–Crippen LogP) is 5.99. The lowest BCUT2D eigenvalue weighted by Crippen LogP contribution is -2.03. The van der Waals surface area contributed by atoms with Crippen LogP contribution in [0.4, 0.5) is 0 Å². The SMILES string of the molecule is C1=CCC=CC(c2nnc(-c3ccccc3)n2-c2cccc3ccccc23)=C1. The molecule has 0 bridgehead atoms. The summed E-state index contributed by atoms with van der Waals surface area (Å²) >= 11 is 0. The Balaban J connectivity index is 1.82. The van der Waals surface area contributed by atoms with Gasteiger partial charge in [0, 0.05) is 16.5 Å². The van der Waals surface area contributed by atoms with E-state index in [0.29, 0.717) is 0 Å². The number of allylic oxidation sites excluding steroid dienone is 6. The highest BCUT2D eigenvalue weighted by atomic mass is 15.3. The van der Waals surface area contributed by atoms with Gasteiger partial charge in [0.25, 0.3) is 0 Å². The summed E-state index contributed by atoms with van der Waals surface area (Å²) < 4.78 is 2.17. The molecule has 0 saturated carbocycles. The van der Waals surface area contributed by atoms with Crippen molar-refractivity contribution >= 4 is 16.3 Å². The van der Waals surface area contributed by atoms with Gasteiger partial charge in [-0.25, -0.2) is 0 Å². The van der Waals surface area contributed by atoms with Crippen LogP contribution in [0, 0.1) is 0 Å². The van der Waals surface area contributed by atoms with Gasteiger partial charge in [-0.1, -0.05) is 97.1 Å². The standard InChI is InChI=1S/C25H19N3/c1-2-5-13-20(12-4-1)24-26-27-25(21-14-6-3-7-15-21)28(24)23-18-10-16-19-11-8-9-17-22(19)23/h1,3-18H,2H2. The number of nitrogens with zero attached hydrogens (tertiary/aromatic N) is 3. The molecular weight excluding hydrogens is 342 g/mol. The summed E-state index contributed by atoms with van der Waals surface area (Å²) in [6, 6.07) is 25.0. The smallest absolute Gasteiger partial charge is 0.168 e. The summed E-state index contributed by atoms with van der Waals surface area (Å²) in [5.41, 5.74) is 3.18. The second-order valence-electron chi connectivity index (χ2n) is 6.74. The van der Waals surface area contributed by atoms with Crippen LogP contribution in [0.25, 0.3) is 33.4 Å². The molecule has 0 N–H and O–H groups in total. The molecule has 0 fully saturated rings. The summed E-state index contributed by atoms with van der Waals surface area (Å²) in [4.78, 5) is 0. The molecule has 0 unspecified atom stereocenters. The zero-order valence-electron chi connectivity index (χ0n) is 15.4. The Labute approximate surface area is 164 Å². The predicted molar refractivity (Wildman–Crippen MR) is 115 cm³/mol. The fourth-order valence-electron chi connectivity index (χ4n) is 3.61.